The number of ketones is 2. The van der Waals surface area contributed by atoms with Crippen molar-refractivity contribution in [2.75, 3.05) is 10.6 Å². The van der Waals surface area contributed by atoms with Gasteiger partial charge in [-0.15, -0.1) is 0 Å². The van der Waals surface area contributed by atoms with Crippen LogP contribution in [0.3, 0.4) is 0 Å². The van der Waals surface area contributed by atoms with Crippen LogP contribution >= 0.6 is 63.7 Å². The van der Waals surface area contributed by atoms with Crippen molar-refractivity contribution in [2.24, 2.45) is 0 Å². The van der Waals surface area contributed by atoms with E-state index in [1.165, 1.54) is 0 Å². The SMILES string of the molecule is O=C1/C(=C2/Nc3c(Br)cc(Br)cc3C2=O)Nc2c(Br)cc(Br)cc21. The van der Waals surface area contributed by atoms with Gasteiger partial charge in [0.25, 0.3) is 0 Å². The zero-order chi connectivity index (χ0) is 17.2. The highest BCUT2D eigenvalue weighted by molar-refractivity contribution is 9.11. The Balaban J connectivity index is 1.86. The van der Waals surface area contributed by atoms with E-state index in [1.54, 1.807) is 12.1 Å². The predicted molar refractivity (Wildman–Crippen MR) is 107 cm³/mol. The molecule has 0 radical (unpaired) electrons. The fourth-order valence-electron chi connectivity index (χ4n) is 2.74. The molecule has 8 heteroatoms. The summed E-state index contributed by atoms with van der Waals surface area (Å²) >= 11 is 13.6. The number of hydrogen-bond donors (Lipinski definition) is 2. The Morgan fingerprint density at radius 1 is 0.625 bits per heavy atom. The van der Waals surface area contributed by atoms with Gasteiger partial charge in [0, 0.05) is 29.0 Å². The maximum absolute atomic E-state index is 12.8. The highest BCUT2D eigenvalue weighted by atomic mass is 79.9. The summed E-state index contributed by atoms with van der Waals surface area (Å²) in [6.07, 6.45) is 0. The molecule has 0 spiro atoms. The van der Waals surface area contributed by atoms with Crippen LogP contribution in [0.15, 0.2) is 53.6 Å². The second-order valence-electron chi connectivity index (χ2n) is 5.28. The molecule has 24 heavy (non-hydrogen) atoms. The first-order valence-electron chi connectivity index (χ1n) is 6.72. The van der Waals surface area contributed by atoms with Crippen LogP contribution in [0.25, 0.3) is 0 Å². The number of carbonyl (C=O) groups excluding carboxylic acids is 2. The summed E-state index contributed by atoms with van der Waals surface area (Å²) in [6.45, 7) is 0. The maximum Gasteiger partial charge on any atom is 0.213 e. The Labute approximate surface area is 170 Å². The highest BCUT2D eigenvalue weighted by Gasteiger charge is 2.36. The van der Waals surface area contributed by atoms with Crippen molar-refractivity contribution in [1.29, 1.82) is 0 Å². The van der Waals surface area contributed by atoms with E-state index < -0.39 is 0 Å². The molecule has 0 fully saturated rings. The number of hydrogen-bond acceptors (Lipinski definition) is 4. The molecule has 4 nitrogen and oxygen atoms in total. The minimum absolute atomic E-state index is 0.217. The maximum atomic E-state index is 12.8. The normalized spacial score (nSPS) is 18.3. The van der Waals surface area contributed by atoms with E-state index in [2.05, 4.69) is 74.4 Å². The largest absolute Gasteiger partial charge is 0.349 e. The molecule has 0 atom stereocenters. The molecular weight excluding hydrogens is 572 g/mol. The van der Waals surface area contributed by atoms with Crippen molar-refractivity contribution < 1.29 is 9.59 Å². The van der Waals surface area contributed by atoms with Gasteiger partial charge in [0.05, 0.1) is 11.4 Å². The zero-order valence-electron chi connectivity index (χ0n) is 11.6. The molecule has 0 saturated carbocycles. The van der Waals surface area contributed by atoms with Gasteiger partial charge in [-0.2, -0.15) is 0 Å². The number of Topliss-reactive ketones (excluding diaryl/α,β-unsaturated/α-hetero) is 2. The first-order valence-corrected chi connectivity index (χ1v) is 9.90. The third-order valence-corrected chi connectivity index (χ3v) is 5.97. The number of allylic oxidation sites excluding steroid dienone is 2. The van der Waals surface area contributed by atoms with Gasteiger partial charge in [0.15, 0.2) is 0 Å². The van der Waals surface area contributed by atoms with E-state index in [0.717, 1.165) is 17.9 Å². The van der Waals surface area contributed by atoms with Crippen molar-refractivity contribution in [3.05, 3.63) is 64.7 Å². The molecule has 0 amide bonds. The van der Waals surface area contributed by atoms with Gasteiger partial charge in [-0.1, -0.05) is 31.9 Å². The summed E-state index contributed by atoms with van der Waals surface area (Å²) in [5.41, 5.74) is 2.88. The van der Waals surface area contributed by atoms with Gasteiger partial charge in [-0.05, 0) is 56.1 Å². The van der Waals surface area contributed by atoms with Crippen LogP contribution in [0.4, 0.5) is 11.4 Å². The fourth-order valence-corrected chi connectivity index (χ4v) is 5.39. The van der Waals surface area contributed by atoms with Gasteiger partial charge >= 0.3 is 0 Å². The lowest BCUT2D eigenvalue weighted by Crippen LogP contribution is -2.13. The van der Waals surface area contributed by atoms with Crippen molar-refractivity contribution in [3.63, 3.8) is 0 Å². The van der Waals surface area contributed by atoms with E-state index in [1.807, 2.05) is 12.1 Å². The first-order chi connectivity index (χ1) is 11.4. The number of anilines is 2. The molecule has 2 heterocycles. The number of rotatable bonds is 0. The Bertz CT molecular complexity index is 919. The smallest absolute Gasteiger partial charge is 0.213 e. The number of carbonyl (C=O) groups is 2. The first kappa shape index (κ1) is 16.5. The van der Waals surface area contributed by atoms with Gasteiger partial charge in [0.1, 0.15) is 11.4 Å². The van der Waals surface area contributed by atoms with E-state index in [0.29, 0.717) is 22.5 Å². The second kappa shape index (κ2) is 5.79. The molecule has 0 aliphatic carbocycles. The van der Waals surface area contributed by atoms with E-state index >= 15 is 0 Å². The Morgan fingerprint density at radius 3 is 1.38 bits per heavy atom. The van der Waals surface area contributed by atoms with Crippen LogP contribution in [0, 0.1) is 0 Å². The lowest BCUT2D eigenvalue weighted by molar-refractivity contribution is 0.101. The summed E-state index contributed by atoms with van der Waals surface area (Å²) in [4.78, 5) is 25.5. The molecule has 0 aromatic heterocycles. The van der Waals surface area contributed by atoms with E-state index in [9.17, 15) is 9.59 Å². The molecule has 0 bridgehead atoms. The number of fused-ring (bicyclic) bond motifs is 2. The molecule has 2 aliphatic heterocycles. The summed E-state index contributed by atoms with van der Waals surface area (Å²) in [5, 5.41) is 6.15. The molecule has 2 aliphatic rings. The lowest BCUT2D eigenvalue weighted by Gasteiger charge is -2.05. The molecule has 0 saturated heterocycles. The van der Waals surface area contributed by atoms with Gasteiger partial charge in [0.2, 0.25) is 11.6 Å². The quantitative estimate of drug-likeness (QED) is 0.385. The molecule has 120 valence electrons. The van der Waals surface area contributed by atoms with Crippen molar-refractivity contribution in [1.82, 2.24) is 0 Å². The zero-order valence-corrected chi connectivity index (χ0v) is 18.0. The second-order valence-corrected chi connectivity index (χ2v) is 8.82. The highest BCUT2D eigenvalue weighted by Crippen LogP contribution is 2.42. The van der Waals surface area contributed by atoms with Crippen molar-refractivity contribution in [3.8, 4) is 0 Å². The van der Waals surface area contributed by atoms with Gasteiger partial charge < -0.3 is 10.6 Å². The molecule has 2 aromatic rings. The molecule has 2 aromatic carbocycles. The molecule has 2 N–H and O–H groups in total. The van der Waals surface area contributed by atoms with Crippen LogP contribution < -0.4 is 10.6 Å². The van der Waals surface area contributed by atoms with Crippen LogP contribution in [-0.4, -0.2) is 11.6 Å². The van der Waals surface area contributed by atoms with Gasteiger partial charge in [-0.25, -0.2) is 0 Å². The predicted octanol–water partition coefficient (Wildman–Crippen LogP) is 5.86. The number of nitrogens with one attached hydrogen (secondary N) is 2. The van der Waals surface area contributed by atoms with Crippen LogP contribution in [0.2, 0.25) is 0 Å². The Kier molecular flexibility index (Phi) is 3.98. The monoisotopic (exact) mass is 574 g/mol. The van der Waals surface area contributed by atoms with Crippen LogP contribution in [0.1, 0.15) is 20.7 Å². The van der Waals surface area contributed by atoms with Crippen molar-refractivity contribution >= 4 is 86.7 Å². The minimum atomic E-state index is -0.217. The third kappa shape index (κ3) is 2.42. The van der Waals surface area contributed by atoms with E-state index in [4.69, 9.17) is 0 Å². The summed E-state index contributed by atoms with van der Waals surface area (Å²) in [7, 11) is 0. The lowest BCUT2D eigenvalue weighted by atomic mass is 10.1. The average molecular weight is 578 g/mol. The Hall–Kier alpha value is -0.960. The number of benzene rings is 2. The summed E-state index contributed by atoms with van der Waals surface area (Å²) in [6, 6.07) is 7.17. The summed E-state index contributed by atoms with van der Waals surface area (Å²) < 4.78 is 3.08. The van der Waals surface area contributed by atoms with Crippen molar-refractivity contribution in [2.45, 2.75) is 0 Å². The molecule has 4 rings (SSSR count). The standard InChI is InChI=1S/C16H6Br4N2O2/c17-5-1-7-11(9(19)3-5)21-13(15(7)23)14-16(24)8-2-6(18)4-10(20)12(8)22-14/h1-4,21-22H/b14-13-. The van der Waals surface area contributed by atoms with Gasteiger partial charge in [-0.3, -0.25) is 9.59 Å². The van der Waals surface area contributed by atoms with Crippen LogP contribution in [-0.2, 0) is 0 Å². The number of halogens is 4. The third-order valence-electron chi connectivity index (χ3n) is 3.80. The average Bonchev–Trinajstić information content (AvgIpc) is 2.99. The topological polar surface area (TPSA) is 58.2 Å². The van der Waals surface area contributed by atoms with E-state index in [-0.39, 0.29) is 23.0 Å². The molecule has 0 unspecified atom stereocenters. The summed E-state index contributed by atoms with van der Waals surface area (Å²) in [5.74, 6) is -0.434. The Morgan fingerprint density at radius 2 is 1.00 bits per heavy atom. The fraction of sp³-hybridized carbons (Fsp3) is 0. The minimum Gasteiger partial charge on any atom is -0.349 e. The van der Waals surface area contributed by atoms with Crippen LogP contribution in [0.5, 0.6) is 0 Å². The molecular formula is C16H6Br4N2O2.